The highest BCUT2D eigenvalue weighted by atomic mass is 19.1. The molecule has 1 aromatic rings. The van der Waals surface area contributed by atoms with E-state index in [1.54, 1.807) is 26.0 Å². The lowest BCUT2D eigenvalue weighted by molar-refractivity contribution is 0.208. The predicted molar refractivity (Wildman–Crippen MR) is 51.3 cm³/mol. The Morgan fingerprint density at radius 2 is 2.23 bits per heavy atom. The maximum atomic E-state index is 13.0. The second-order valence-electron chi connectivity index (χ2n) is 3.14. The van der Waals surface area contributed by atoms with Crippen LogP contribution in [0.2, 0.25) is 0 Å². The Balaban J connectivity index is 2.71. The van der Waals surface area contributed by atoms with Crippen molar-refractivity contribution >= 4 is 5.69 Å². The van der Waals surface area contributed by atoms with E-state index in [9.17, 15) is 4.39 Å². The Bertz CT molecular complexity index is 286. The molecule has 0 radical (unpaired) electrons. The van der Waals surface area contributed by atoms with E-state index in [2.05, 4.69) is 5.32 Å². The molecule has 0 unspecified atom stereocenters. The van der Waals surface area contributed by atoms with Crippen molar-refractivity contribution in [3.05, 3.63) is 29.6 Å². The van der Waals surface area contributed by atoms with E-state index in [0.717, 1.165) is 5.69 Å². The zero-order valence-electron chi connectivity index (χ0n) is 7.84. The third kappa shape index (κ3) is 2.70. The number of anilines is 1. The van der Waals surface area contributed by atoms with Gasteiger partial charge in [-0.05, 0) is 26.0 Å². The molecular formula is C10H14FNO. The molecule has 0 spiro atoms. The summed E-state index contributed by atoms with van der Waals surface area (Å²) >= 11 is 0. The molecule has 0 saturated heterocycles. The fourth-order valence-corrected chi connectivity index (χ4v) is 1.06. The van der Waals surface area contributed by atoms with E-state index in [1.165, 1.54) is 6.07 Å². The lowest BCUT2D eigenvalue weighted by atomic mass is 10.2. The number of halogens is 1. The lowest BCUT2D eigenvalue weighted by Gasteiger charge is -2.11. The van der Waals surface area contributed by atoms with Crippen molar-refractivity contribution in [3.63, 3.8) is 0 Å². The largest absolute Gasteiger partial charge is 0.392 e. The molecule has 72 valence electrons. The van der Waals surface area contributed by atoms with Gasteiger partial charge in [0.25, 0.3) is 0 Å². The third-order valence-corrected chi connectivity index (χ3v) is 1.86. The molecule has 0 heterocycles. The topological polar surface area (TPSA) is 32.3 Å². The van der Waals surface area contributed by atoms with Crippen LogP contribution in [-0.2, 0) is 0 Å². The van der Waals surface area contributed by atoms with Gasteiger partial charge in [0.1, 0.15) is 5.82 Å². The summed E-state index contributed by atoms with van der Waals surface area (Å²) in [6.45, 7) is 3.83. The van der Waals surface area contributed by atoms with E-state index >= 15 is 0 Å². The standard InChI is InChI=1S/C10H14FNO/c1-7(13)6-12-10-5-3-4-9(11)8(10)2/h3-5,7,12-13H,6H2,1-2H3/t7-/m0/s1. The first-order chi connectivity index (χ1) is 6.11. The summed E-state index contributed by atoms with van der Waals surface area (Å²) in [6.07, 6.45) is -0.428. The zero-order valence-corrected chi connectivity index (χ0v) is 7.84. The summed E-state index contributed by atoms with van der Waals surface area (Å²) in [6, 6.07) is 4.86. The van der Waals surface area contributed by atoms with Gasteiger partial charge in [-0.2, -0.15) is 0 Å². The maximum Gasteiger partial charge on any atom is 0.128 e. The van der Waals surface area contributed by atoms with Crippen LogP contribution < -0.4 is 5.32 Å². The number of aliphatic hydroxyl groups is 1. The molecule has 0 amide bonds. The molecule has 0 aliphatic rings. The van der Waals surface area contributed by atoms with E-state index in [1.807, 2.05) is 0 Å². The number of rotatable bonds is 3. The first kappa shape index (κ1) is 9.99. The molecule has 2 N–H and O–H groups in total. The third-order valence-electron chi connectivity index (χ3n) is 1.86. The van der Waals surface area contributed by atoms with Gasteiger partial charge in [-0.15, -0.1) is 0 Å². The van der Waals surface area contributed by atoms with Crippen LogP contribution in [-0.4, -0.2) is 17.8 Å². The van der Waals surface area contributed by atoms with E-state index in [-0.39, 0.29) is 5.82 Å². The Morgan fingerprint density at radius 3 is 2.85 bits per heavy atom. The molecule has 13 heavy (non-hydrogen) atoms. The lowest BCUT2D eigenvalue weighted by Crippen LogP contribution is -2.16. The smallest absolute Gasteiger partial charge is 0.128 e. The normalized spacial score (nSPS) is 12.6. The first-order valence-corrected chi connectivity index (χ1v) is 4.28. The van der Waals surface area contributed by atoms with Crippen molar-refractivity contribution in [1.82, 2.24) is 0 Å². The van der Waals surface area contributed by atoms with Crippen molar-refractivity contribution in [2.45, 2.75) is 20.0 Å². The monoisotopic (exact) mass is 183 g/mol. The molecule has 0 aliphatic carbocycles. The van der Waals surface area contributed by atoms with Crippen molar-refractivity contribution in [2.75, 3.05) is 11.9 Å². The number of aliphatic hydroxyl groups excluding tert-OH is 1. The SMILES string of the molecule is Cc1c(F)cccc1NC[C@H](C)O. The van der Waals surface area contributed by atoms with E-state index in [4.69, 9.17) is 5.11 Å². The van der Waals surface area contributed by atoms with Gasteiger partial charge in [0.2, 0.25) is 0 Å². The molecule has 0 aromatic heterocycles. The van der Waals surface area contributed by atoms with Crippen LogP contribution in [0.3, 0.4) is 0 Å². The zero-order chi connectivity index (χ0) is 9.84. The highest BCUT2D eigenvalue weighted by molar-refractivity contribution is 5.50. The van der Waals surface area contributed by atoms with Crippen LogP contribution in [0.4, 0.5) is 10.1 Å². The van der Waals surface area contributed by atoms with Crippen LogP contribution in [0, 0.1) is 12.7 Å². The van der Waals surface area contributed by atoms with Gasteiger partial charge in [-0.25, -0.2) is 4.39 Å². The Hall–Kier alpha value is -1.09. The van der Waals surface area contributed by atoms with Crippen LogP contribution in [0.25, 0.3) is 0 Å². The number of hydrogen-bond donors (Lipinski definition) is 2. The van der Waals surface area contributed by atoms with Crippen molar-refractivity contribution < 1.29 is 9.50 Å². The van der Waals surface area contributed by atoms with Crippen molar-refractivity contribution in [3.8, 4) is 0 Å². The Morgan fingerprint density at radius 1 is 1.54 bits per heavy atom. The Labute approximate surface area is 77.4 Å². The minimum absolute atomic E-state index is 0.226. The van der Waals surface area contributed by atoms with Crippen LogP contribution >= 0.6 is 0 Å². The van der Waals surface area contributed by atoms with Crippen molar-refractivity contribution in [2.24, 2.45) is 0 Å². The average Bonchev–Trinajstić information content (AvgIpc) is 2.07. The van der Waals surface area contributed by atoms with E-state index < -0.39 is 6.10 Å². The molecule has 1 aromatic carbocycles. The summed E-state index contributed by atoms with van der Waals surface area (Å²) in [7, 11) is 0. The number of nitrogens with one attached hydrogen (secondary N) is 1. The van der Waals surface area contributed by atoms with Gasteiger partial charge in [0.05, 0.1) is 6.10 Å². The molecule has 2 nitrogen and oxygen atoms in total. The predicted octanol–water partition coefficient (Wildman–Crippen LogP) is 1.93. The Kier molecular flexibility index (Phi) is 3.25. The van der Waals surface area contributed by atoms with Gasteiger partial charge in [-0.3, -0.25) is 0 Å². The van der Waals surface area contributed by atoms with E-state index in [0.29, 0.717) is 12.1 Å². The molecule has 0 saturated carbocycles. The summed E-state index contributed by atoms with van der Waals surface area (Å²) in [5, 5.41) is 12.0. The number of benzene rings is 1. The fraction of sp³-hybridized carbons (Fsp3) is 0.400. The molecule has 0 bridgehead atoms. The molecule has 3 heteroatoms. The van der Waals surface area contributed by atoms with Crippen molar-refractivity contribution in [1.29, 1.82) is 0 Å². The number of hydrogen-bond acceptors (Lipinski definition) is 2. The van der Waals surface area contributed by atoms with Gasteiger partial charge >= 0.3 is 0 Å². The summed E-state index contributed by atoms with van der Waals surface area (Å²) in [5.74, 6) is -0.226. The molecule has 0 fully saturated rings. The molecular weight excluding hydrogens is 169 g/mol. The second-order valence-corrected chi connectivity index (χ2v) is 3.14. The second kappa shape index (κ2) is 4.23. The van der Waals surface area contributed by atoms with Crippen LogP contribution in [0.1, 0.15) is 12.5 Å². The summed E-state index contributed by atoms with van der Waals surface area (Å²) in [5.41, 5.74) is 1.32. The summed E-state index contributed by atoms with van der Waals surface area (Å²) in [4.78, 5) is 0. The van der Waals surface area contributed by atoms with Crippen LogP contribution in [0.15, 0.2) is 18.2 Å². The minimum atomic E-state index is -0.428. The molecule has 1 rings (SSSR count). The maximum absolute atomic E-state index is 13.0. The quantitative estimate of drug-likeness (QED) is 0.750. The first-order valence-electron chi connectivity index (χ1n) is 4.28. The van der Waals surface area contributed by atoms with Gasteiger partial charge < -0.3 is 10.4 Å². The summed E-state index contributed by atoms with van der Waals surface area (Å²) < 4.78 is 13.0. The molecule has 1 atom stereocenters. The fourth-order valence-electron chi connectivity index (χ4n) is 1.06. The van der Waals surface area contributed by atoms with Gasteiger partial charge in [0, 0.05) is 17.8 Å². The highest BCUT2D eigenvalue weighted by Gasteiger charge is 2.03. The van der Waals surface area contributed by atoms with Gasteiger partial charge in [-0.1, -0.05) is 6.07 Å². The highest BCUT2D eigenvalue weighted by Crippen LogP contribution is 2.16. The molecule has 0 aliphatic heterocycles. The van der Waals surface area contributed by atoms with Gasteiger partial charge in [0.15, 0.2) is 0 Å². The average molecular weight is 183 g/mol. The minimum Gasteiger partial charge on any atom is -0.392 e. The van der Waals surface area contributed by atoms with Crippen LogP contribution in [0.5, 0.6) is 0 Å².